The lowest BCUT2D eigenvalue weighted by Crippen LogP contribution is -2.40. The van der Waals surface area contributed by atoms with Crippen LogP contribution in [0.4, 0.5) is 9.59 Å². The van der Waals surface area contributed by atoms with Gasteiger partial charge in [-0.2, -0.15) is 18.6 Å². The van der Waals surface area contributed by atoms with Crippen LogP contribution in [0.25, 0.3) is 5.70 Å². The highest BCUT2D eigenvalue weighted by Crippen LogP contribution is 2.27. The van der Waals surface area contributed by atoms with E-state index in [1.807, 2.05) is 0 Å². The first-order chi connectivity index (χ1) is 15.8. The quantitative estimate of drug-likeness (QED) is 0.544. The van der Waals surface area contributed by atoms with Crippen LogP contribution in [0.2, 0.25) is 0 Å². The van der Waals surface area contributed by atoms with E-state index in [4.69, 9.17) is 9.29 Å². The van der Waals surface area contributed by atoms with Crippen LogP contribution in [0.1, 0.15) is 37.7 Å². The molecule has 15 heteroatoms. The summed E-state index contributed by atoms with van der Waals surface area (Å²) < 4.78 is 42.1. The van der Waals surface area contributed by atoms with Gasteiger partial charge in [0, 0.05) is 31.9 Å². The van der Waals surface area contributed by atoms with E-state index in [0.29, 0.717) is 30.3 Å². The van der Waals surface area contributed by atoms with Gasteiger partial charge in [0.15, 0.2) is 5.69 Å². The average Bonchev–Trinajstić information content (AvgIpc) is 3.42. The number of nitrogens with zero attached hydrogens (tertiary/aromatic N) is 5. The number of likely N-dealkylation sites (tertiary alicyclic amines) is 1. The minimum absolute atomic E-state index is 0.108. The number of urea groups is 1. The Balaban J connectivity index is 1.38. The first-order valence-corrected chi connectivity index (χ1v) is 12.0. The molecule has 34 heavy (non-hydrogen) atoms. The van der Waals surface area contributed by atoms with Crippen LogP contribution in [-0.4, -0.2) is 99.5 Å². The molecule has 0 aliphatic carbocycles. The molecule has 2 bridgehead atoms. The molecule has 3 aliphatic rings. The van der Waals surface area contributed by atoms with Gasteiger partial charge in [-0.3, -0.25) is 9.35 Å². The van der Waals surface area contributed by atoms with Crippen molar-refractivity contribution in [2.45, 2.75) is 44.9 Å². The van der Waals surface area contributed by atoms with Crippen molar-refractivity contribution in [2.75, 3.05) is 26.2 Å². The van der Waals surface area contributed by atoms with Crippen LogP contribution in [0.5, 0.6) is 0 Å². The van der Waals surface area contributed by atoms with Gasteiger partial charge in [-0.1, -0.05) is 0 Å². The second-order valence-corrected chi connectivity index (χ2v) is 10.3. The summed E-state index contributed by atoms with van der Waals surface area (Å²) >= 11 is 0. The third-order valence-electron chi connectivity index (χ3n) is 5.37. The number of hydroxylamine groups is 2. The summed E-state index contributed by atoms with van der Waals surface area (Å²) in [5.41, 5.74) is 0.0684. The summed E-state index contributed by atoms with van der Waals surface area (Å²) in [6.45, 7) is 6.45. The summed E-state index contributed by atoms with van der Waals surface area (Å²) in [6.07, 6.45) is 3.28. The summed E-state index contributed by atoms with van der Waals surface area (Å²) in [7, 11) is -4.86. The van der Waals surface area contributed by atoms with Gasteiger partial charge in [0.1, 0.15) is 11.6 Å². The van der Waals surface area contributed by atoms with Crippen molar-refractivity contribution in [3.05, 3.63) is 24.0 Å². The van der Waals surface area contributed by atoms with Gasteiger partial charge in [0.25, 0.3) is 5.91 Å². The van der Waals surface area contributed by atoms with Crippen molar-refractivity contribution in [2.24, 2.45) is 0 Å². The highest BCUT2D eigenvalue weighted by atomic mass is 32.3. The number of carbonyl (C=O) groups excluding carboxylic acids is 3. The third kappa shape index (κ3) is 5.31. The normalized spacial score (nSPS) is 22.8. The number of ether oxygens (including phenoxy) is 1. The van der Waals surface area contributed by atoms with Crippen molar-refractivity contribution >= 4 is 34.1 Å². The van der Waals surface area contributed by atoms with E-state index >= 15 is 0 Å². The smallest absolute Gasteiger partial charge is 0.418 e. The van der Waals surface area contributed by atoms with E-state index in [1.165, 1.54) is 15.6 Å². The minimum Gasteiger partial charge on any atom is -0.444 e. The highest BCUT2D eigenvalue weighted by molar-refractivity contribution is 7.80. The van der Waals surface area contributed by atoms with Crippen molar-refractivity contribution in [3.63, 3.8) is 0 Å². The molecule has 1 unspecified atom stereocenters. The largest absolute Gasteiger partial charge is 0.444 e. The Labute approximate surface area is 196 Å². The number of carbonyl (C=O) groups is 3. The number of nitrogens with one attached hydrogen (secondary N) is 1. The number of rotatable bonds is 5. The molecule has 2 N–H and O–H groups in total. The van der Waals surface area contributed by atoms with E-state index in [9.17, 15) is 22.8 Å². The van der Waals surface area contributed by atoms with Crippen molar-refractivity contribution in [1.82, 2.24) is 30.0 Å². The van der Waals surface area contributed by atoms with Gasteiger partial charge in [-0.05, 0) is 39.3 Å². The topological polar surface area (TPSA) is 164 Å². The molecule has 1 aromatic rings. The van der Waals surface area contributed by atoms with Crippen LogP contribution >= 0.6 is 0 Å². The fourth-order valence-electron chi connectivity index (χ4n) is 3.95. The first kappa shape index (κ1) is 24.0. The van der Waals surface area contributed by atoms with Gasteiger partial charge in [0.05, 0.1) is 12.2 Å². The fraction of sp³-hybridized carbons (Fsp3) is 0.579. The number of hydrogen-bond donors (Lipinski definition) is 2. The standard InChI is InChI=1S/C19H26N6O8S/c1-19(2,3)32-18(28)22-6-4-12(9-22)20-16(26)15-5-7-24(21-15)13-8-14-11-23(10-13)17(27)25(14)33-34(29,30)31/h5,7-8,12,14H,4,6,9-11H2,1-3H3,(H,20,26)(H,29,30,31)/t12-,14?/m0/s1. The van der Waals surface area contributed by atoms with Crippen molar-refractivity contribution in [1.29, 1.82) is 0 Å². The average molecular weight is 499 g/mol. The Morgan fingerprint density at radius 3 is 2.68 bits per heavy atom. The summed E-state index contributed by atoms with van der Waals surface area (Å²) in [5.74, 6) is -0.415. The van der Waals surface area contributed by atoms with Crippen LogP contribution in [-0.2, 0) is 19.4 Å². The van der Waals surface area contributed by atoms with Crippen molar-refractivity contribution in [3.8, 4) is 0 Å². The monoisotopic (exact) mass is 498 g/mol. The summed E-state index contributed by atoms with van der Waals surface area (Å²) in [4.78, 5) is 40.0. The maximum absolute atomic E-state index is 12.7. The molecule has 1 aromatic heterocycles. The molecule has 0 aromatic carbocycles. The van der Waals surface area contributed by atoms with Crippen LogP contribution < -0.4 is 5.32 Å². The zero-order valence-corrected chi connectivity index (χ0v) is 19.7. The summed E-state index contributed by atoms with van der Waals surface area (Å²) in [6, 6.07) is -0.201. The predicted molar refractivity (Wildman–Crippen MR) is 115 cm³/mol. The molecular weight excluding hydrogens is 472 g/mol. The SMILES string of the molecule is CC(C)(C)OC(=O)N1CC[C@H](NC(=O)c2ccn(C3=CC4CN(C3)C(=O)N4OS(=O)(=O)O)n2)C1. The molecule has 2 saturated heterocycles. The number of amides is 4. The molecule has 3 aliphatic heterocycles. The second-order valence-electron chi connectivity index (χ2n) is 9.25. The van der Waals surface area contributed by atoms with Crippen molar-refractivity contribution < 1.29 is 36.4 Å². The van der Waals surface area contributed by atoms with E-state index in [2.05, 4.69) is 14.7 Å². The second kappa shape index (κ2) is 8.56. The Morgan fingerprint density at radius 1 is 1.26 bits per heavy atom. The van der Waals surface area contributed by atoms with Gasteiger partial charge in [0.2, 0.25) is 0 Å². The Hall–Kier alpha value is -3.17. The highest BCUT2D eigenvalue weighted by Gasteiger charge is 2.43. The third-order valence-corrected chi connectivity index (χ3v) is 5.72. The molecule has 2 fully saturated rings. The van der Waals surface area contributed by atoms with Gasteiger partial charge < -0.3 is 19.9 Å². The lowest BCUT2D eigenvalue weighted by atomic mass is 10.2. The molecule has 14 nitrogen and oxygen atoms in total. The maximum Gasteiger partial charge on any atom is 0.418 e. The number of hydrogen-bond acceptors (Lipinski definition) is 8. The molecule has 0 spiro atoms. The van der Waals surface area contributed by atoms with Crippen LogP contribution in [0.3, 0.4) is 0 Å². The molecule has 4 heterocycles. The molecular formula is C19H26N6O8S. The zero-order chi connectivity index (χ0) is 24.8. The Bertz CT molecular complexity index is 1140. The molecule has 0 saturated carbocycles. The molecule has 4 rings (SSSR count). The predicted octanol–water partition coefficient (Wildman–Crippen LogP) is 0.317. The molecule has 4 amide bonds. The number of fused-ring (bicyclic) bond motifs is 2. The van der Waals surface area contributed by atoms with E-state index in [-0.39, 0.29) is 24.8 Å². The van der Waals surface area contributed by atoms with E-state index in [1.54, 1.807) is 37.9 Å². The zero-order valence-electron chi connectivity index (χ0n) is 18.9. The summed E-state index contributed by atoms with van der Waals surface area (Å²) in [5, 5.41) is 7.70. The maximum atomic E-state index is 12.7. The molecule has 0 radical (unpaired) electrons. The van der Waals surface area contributed by atoms with Gasteiger partial charge in [-0.15, -0.1) is 4.28 Å². The van der Waals surface area contributed by atoms with Crippen LogP contribution in [0.15, 0.2) is 18.3 Å². The van der Waals surface area contributed by atoms with Gasteiger partial charge in [-0.25, -0.2) is 14.3 Å². The molecule has 186 valence electrons. The minimum atomic E-state index is -4.86. The van der Waals surface area contributed by atoms with E-state index in [0.717, 1.165) is 0 Å². The van der Waals surface area contributed by atoms with Gasteiger partial charge >= 0.3 is 22.5 Å². The van der Waals surface area contributed by atoms with Crippen LogP contribution in [0, 0.1) is 0 Å². The molecule has 2 atom stereocenters. The first-order valence-electron chi connectivity index (χ1n) is 10.6. The Kier molecular flexibility index (Phi) is 6.03. The lowest BCUT2D eigenvalue weighted by molar-refractivity contribution is -0.0183. The lowest BCUT2D eigenvalue weighted by Gasteiger charge is -2.24. The van der Waals surface area contributed by atoms with E-state index < -0.39 is 40.1 Å². The fourth-order valence-corrected chi connectivity index (χ4v) is 4.33. The number of aromatic nitrogens is 2. The Morgan fingerprint density at radius 2 is 2.00 bits per heavy atom.